The van der Waals surface area contributed by atoms with Gasteiger partial charge < -0.3 is 9.52 Å². The Morgan fingerprint density at radius 1 is 1.00 bits per heavy atom. The van der Waals surface area contributed by atoms with E-state index >= 15 is 0 Å². The highest BCUT2D eigenvalue weighted by atomic mass is 35.5. The number of carboxylic acids is 1. The summed E-state index contributed by atoms with van der Waals surface area (Å²) in [7, 11) is 0. The lowest BCUT2D eigenvalue weighted by molar-refractivity contribution is 0.0697. The molecule has 5 heteroatoms. The van der Waals surface area contributed by atoms with E-state index in [2.05, 4.69) is 4.98 Å². The van der Waals surface area contributed by atoms with E-state index in [1.54, 1.807) is 30.5 Å². The molecule has 2 aromatic carbocycles. The number of oxazole rings is 1. The summed E-state index contributed by atoms with van der Waals surface area (Å²) in [6.07, 6.45) is 1.63. The number of carbonyl (C=O) groups is 1. The van der Waals surface area contributed by atoms with Gasteiger partial charge in [-0.2, -0.15) is 0 Å². The van der Waals surface area contributed by atoms with E-state index in [0.717, 1.165) is 11.1 Å². The topological polar surface area (TPSA) is 63.3 Å². The number of carboxylic acid groups (broad SMARTS) is 1. The van der Waals surface area contributed by atoms with Crippen molar-refractivity contribution in [2.45, 2.75) is 0 Å². The number of nitrogens with zero attached hydrogens (tertiary/aromatic N) is 1. The van der Waals surface area contributed by atoms with Gasteiger partial charge in [-0.05, 0) is 48.5 Å². The molecule has 0 saturated heterocycles. The van der Waals surface area contributed by atoms with Crippen molar-refractivity contribution in [1.82, 2.24) is 4.98 Å². The van der Waals surface area contributed by atoms with E-state index in [9.17, 15) is 4.79 Å². The summed E-state index contributed by atoms with van der Waals surface area (Å²) < 4.78 is 5.69. The normalized spacial score (nSPS) is 10.5. The van der Waals surface area contributed by atoms with Crippen LogP contribution in [0.3, 0.4) is 0 Å². The van der Waals surface area contributed by atoms with Crippen molar-refractivity contribution in [2.24, 2.45) is 0 Å². The molecule has 0 spiro atoms. The predicted octanol–water partition coefficient (Wildman–Crippen LogP) is 4.36. The Morgan fingerprint density at radius 3 is 2.24 bits per heavy atom. The highest BCUT2D eigenvalue weighted by Gasteiger charge is 2.09. The molecular weight excluding hydrogens is 290 g/mol. The van der Waals surface area contributed by atoms with Crippen LogP contribution in [0.4, 0.5) is 0 Å². The number of aromatic carboxylic acids is 1. The number of rotatable bonds is 3. The van der Waals surface area contributed by atoms with Crippen molar-refractivity contribution in [3.63, 3.8) is 0 Å². The van der Waals surface area contributed by atoms with Crippen molar-refractivity contribution in [3.05, 3.63) is 65.3 Å². The monoisotopic (exact) mass is 299 g/mol. The minimum absolute atomic E-state index is 0.225. The van der Waals surface area contributed by atoms with Crippen LogP contribution in [-0.4, -0.2) is 16.1 Å². The van der Waals surface area contributed by atoms with Gasteiger partial charge in [0.15, 0.2) is 5.76 Å². The Balaban J connectivity index is 1.90. The van der Waals surface area contributed by atoms with Crippen molar-refractivity contribution in [1.29, 1.82) is 0 Å². The zero-order valence-corrected chi connectivity index (χ0v) is 11.5. The van der Waals surface area contributed by atoms with Gasteiger partial charge in [0.05, 0.1) is 11.8 Å². The molecule has 0 aliphatic carbocycles. The molecule has 1 aromatic heterocycles. The van der Waals surface area contributed by atoms with E-state index in [0.29, 0.717) is 16.7 Å². The van der Waals surface area contributed by atoms with Gasteiger partial charge in [0.1, 0.15) is 0 Å². The summed E-state index contributed by atoms with van der Waals surface area (Å²) in [5.41, 5.74) is 1.82. The highest BCUT2D eigenvalue weighted by Crippen LogP contribution is 2.27. The lowest BCUT2D eigenvalue weighted by Gasteiger charge is -1.98. The summed E-state index contributed by atoms with van der Waals surface area (Å²) in [6, 6.07) is 13.6. The van der Waals surface area contributed by atoms with Crippen molar-refractivity contribution in [3.8, 4) is 22.8 Å². The molecular formula is C16H10ClNO3. The second-order valence-electron chi connectivity index (χ2n) is 4.42. The molecule has 0 atom stereocenters. The highest BCUT2D eigenvalue weighted by molar-refractivity contribution is 6.30. The second-order valence-corrected chi connectivity index (χ2v) is 4.86. The van der Waals surface area contributed by atoms with Crippen LogP contribution in [0.2, 0.25) is 5.02 Å². The molecule has 4 nitrogen and oxygen atoms in total. The summed E-state index contributed by atoms with van der Waals surface area (Å²) >= 11 is 5.85. The largest absolute Gasteiger partial charge is 0.478 e. The van der Waals surface area contributed by atoms with E-state index in [4.69, 9.17) is 21.1 Å². The third-order valence-electron chi connectivity index (χ3n) is 3.01. The van der Waals surface area contributed by atoms with E-state index < -0.39 is 5.97 Å². The SMILES string of the molecule is O=C(O)c1ccc(-c2ncc(-c3ccc(Cl)cc3)o2)cc1. The number of benzene rings is 2. The number of hydrogen-bond acceptors (Lipinski definition) is 3. The van der Waals surface area contributed by atoms with Gasteiger partial charge in [-0.15, -0.1) is 0 Å². The third-order valence-corrected chi connectivity index (χ3v) is 3.27. The van der Waals surface area contributed by atoms with Crippen LogP contribution in [0.5, 0.6) is 0 Å². The fourth-order valence-electron chi connectivity index (χ4n) is 1.91. The maximum atomic E-state index is 10.8. The number of hydrogen-bond donors (Lipinski definition) is 1. The molecule has 0 aliphatic heterocycles. The van der Waals surface area contributed by atoms with E-state index in [-0.39, 0.29) is 5.56 Å². The smallest absolute Gasteiger partial charge is 0.335 e. The van der Waals surface area contributed by atoms with Crippen LogP contribution in [0.25, 0.3) is 22.8 Å². The van der Waals surface area contributed by atoms with Gasteiger partial charge in [0, 0.05) is 16.1 Å². The Kier molecular flexibility index (Phi) is 3.46. The molecule has 3 aromatic rings. The maximum Gasteiger partial charge on any atom is 0.335 e. The van der Waals surface area contributed by atoms with Crippen molar-refractivity contribution >= 4 is 17.6 Å². The zero-order chi connectivity index (χ0) is 14.8. The second kappa shape index (κ2) is 5.42. The molecule has 0 aliphatic rings. The molecule has 0 bridgehead atoms. The maximum absolute atomic E-state index is 10.8. The predicted molar refractivity (Wildman–Crippen MR) is 79.3 cm³/mol. The third kappa shape index (κ3) is 2.80. The average molecular weight is 300 g/mol. The molecule has 0 saturated carbocycles. The van der Waals surface area contributed by atoms with Crippen LogP contribution >= 0.6 is 11.6 Å². The minimum Gasteiger partial charge on any atom is -0.478 e. The molecule has 3 rings (SSSR count). The Hall–Kier alpha value is -2.59. The van der Waals surface area contributed by atoms with Crippen molar-refractivity contribution in [2.75, 3.05) is 0 Å². The number of halogens is 1. The van der Waals surface area contributed by atoms with Crippen LogP contribution in [0, 0.1) is 0 Å². The fraction of sp³-hybridized carbons (Fsp3) is 0. The lowest BCUT2D eigenvalue weighted by atomic mass is 10.1. The number of aromatic nitrogens is 1. The summed E-state index contributed by atoms with van der Waals surface area (Å²) in [4.78, 5) is 15.0. The van der Waals surface area contributed by atoms with E-state index in [1.807, 2.05) is 12.1 Å². The molecule has 1 N–H and O–H groups in total. The van der Waals surface area contributed by atoms with Crippen LogP contribution in [0.15, 0.2) is 59.1 Å². The standard InChI is InChI=1S/C16H10ClNO3/c17-13-7-5-10(6-8-13)14-9-18-15(21-14)11-1-3-12(4-2-11)16(19)20/h1-9H,(H,19,20). The van der Waals surface area contributed by atoms with Crippen molar-refractivity contribution < 1.29 is 14.3 Å². The first-order valence-electron chi connectivity index (χ1n) is 6.19. The molecule has 0 amide bonds. The van der Waals surface area contributed by atoms with Gasteiger partial charge in [-0.25, -0.2) is 9.78 Å². The van der Waals surface area contributed by atoms with Crippen LogP contribution in [-0.2, 0) is 0 Å². The molecule has 0 fully saturated rings. The fourth-order valence-corrected chi connectivity index (χ4v) is 2.04. The molecule has 0 radical (unpaired) electrons. The van der Waals surface area contributed by atoms with Crippen LogP contribution < -0.4 is 0 Å². The zero-order valence-electron chi connectivity index (χ0n) is 10.8. The van der Waals surface area contributed by atoms with Gasteiger partial charge in [-0.1, -0.05) is 11.6 Å². The van der Waals surface area contributed by atoms with Gasteiger partial charge in [0.2, 0.25) is 5.89 Å². The first-order chi connectivity index (χ1) is 10.1. The van der Waals surface area contributed by atoms with Gasteiger partial charge in [0.25, 0.3) is 0 Å². The molecule has 0 unspecified atom stereocenters. The summed E-state index contributed by atoms with van der Waals surface area (Å²) in [5, 5.41) is 9.53. The summed E-state index contributed by atoms with van der Waals surface area (Å²) in [5.74, 6) is 0.108. The van der Waals surface area contributed by atoms with Crippen LogP contribution in [0.1, 0.15) is 10.4 Å². The quantitative estimate of drug-likeness (QED) is 0.780. The lowest BCUT2D eigenvalue weighted by Crippen LogP contribution is -1.94. The van der Waals surface area contributed by atoms with Gasteiger partial charge in [-0.3, -0.25) is 0 Å². The molecule has 1 heterocycles. The Morgan fingerprint density at radius 2 is 1.62 bits per heavy atom. The molecule has 104 valence electrons. The average Bonchev–Trinajstić information content (AvgIpc) is 2.98. The van der Waals surface area contributed by atoms with Gasteiger partial charge >= 0.3 is 5.97 Å². The summed E-state index contributed by atoms with van der Waals surface area (Å²) in [6.45, 7) is 0. The Labute approximate surface area is 125 Å². The molecule has 21 heavy (non-hydrogen) atoms. The Bertz CT molecular complexity index is 776. The first kappa shape index (κ1) is 13.4. The minimum atomic E-state index is -0.962. The first-order valence-corrected chi connectivity index (χ1v) is 6.57. The van der Waals surface area contributed by atoms with E-state index in [1.165, 1.54) is 12.1 Å².